The summed E-state index contributed by atoms with van der Waals surface area (Å²) in [6, 6.07) is 18.0. The van der Waals surface area contributed by atoms with Crippen LogP contribution >= 0.6 is 0 Å². The van der Waals surface area contributed by atoms with Gasteiger partial charge in [0.2, 0.25) is 5.91 Å². The number of para-hydroxylation sites is 1. The second-order valence-corrected chi connectivity index (χ2v) is 4.95. The van der Waals surface area contributed by atoms with Crippen LogP contribution in [0.2, 0.25) is 0 Å². The number of rotatable bonds is 6. The Morgan fingerprint density at radius 2 is 1.81 bits per heavy atom. The van der Waals surface area contributed by atoms with Crippen molar-refractivity contribution in [3.05, 3.63) is 60.2 Å². The molecule has 0 atom stereocenters. The van der Waals surface area contributed by atoms with E-state index < -0.39 is 0 Å². The molecule has 3 nitrogen and oxygen atoms in total. The highest BCUT2D eigenvalue weighted by Gasteiger charge is 2.10. The Hall–Kier alpha value is -2.29. The third-order valence-corrected chi connectivity index (χ3v) is 3.46. The molecule has 2 rings (SSSR count). The minimum atomic E-state index is 0.00829. The molecular formula is C18H22N2O. The Kier molecular flexibility index (Phi) is 5.38. The predicted octanol–water partition coefficient (Wildman–Crippen LogP) is 3.71. The van der Waals surface area contributed by atoms with Gasteiger partial charge in [0.1, 0.15) is 0 Å². The summed E-state index contributed by atoms with van der Waals surface area (Å²) < 4.78 is 0. The van der Waals surface area contributed by atoms with Gasteiger partial charge in [-0.2, -0.15) is 0 Å². The first-order valence-corrected chi connectivity index (χ1v) is 7.41. The maximum atomic E-state index is 12.2. The molecule has 0 aliphatic rings. The molecule has 0 saturated carbocycles. The molecular weight excluding hydrogens is 260 g/mol. The molecule has 0 bridgehead atoms. The van der Waals surface area contributed by atoms with Crippen LogP contribution in [-0.2, 0) is 11.2 Å². The van der Waals surface area contributed by atoms with Gasteiger partial charge in [-0.3, -0.25) is 4.79 Å². The Labute approximate surface area is 126 Å². The summed E-state index contributed by atoms with van der Waals surface area (Å²) in [7, 11) is 0. The SMILES string of the molecule is CCc1cccc(NC(=O)CN(CC)c2ccccc2)c1. The standard InChI is InChI=1S/C18H22N2O/c1-3-15-9-8-10-16(13-15)19-18(21)14-20(4-2)17-11-6-5-7-12-17/h5-13H,3-4,14H2,1-2H3,(H,19,21). The molecule has 0 radical (unpaired) electrons. The first kappa shape index (κ1) is 15.1. The van der Waals surface area contributed by atoms with Crippen molar-refractivity contribution in [1.82, 2.24) is 0 Å². The van der Waals surface area contributed by atoms with Gasteiger partial charge < -0.3 is 10.2 Å². The van der Waals surface area contributed by atoms with Crippen LogP contribution in [-0.4, -0.2) is 19.0 Å². The maximum absolute atomic E-state index is 12.2. The second kappa shape index (κ2) is 7.48. The number of benzene rings is 2. The highest BCUT2D eigenvalue weighted by molar-refractivity contribution is 5.94. The van der Waals surface area contributed by atoms with Crippen LogP contribution in [0.1, 0.15) is 19.4 Å². The van der Waals surface area contributed by atoms with Crippen molar-refractivity contribution in [1.29, 1.82) is 0 Å². The lowest BCUT2D eigenvalue weighted by atomic mass is 10.1. The van der Waals surface area contributed by atoms with E-state index in [1.165, 1.54) is 5.56 Å². The van der Waals surface area contributed by atoms with Gasteiger partial charge in [-0.1, -0.05) is 37.3 Å². The summed E-state index contributed by atoms with van der Waals surface area (Å²) in [5.41, 5.74) is 3.16. The van der Waals surface area contributed by atoms with Crippen molar-refractivity contribution < 1.29 is 4.79 Å². The molecule has 2 aromatic carbocycles. The van der Waals surface area contributed by atoms with Gasteiger partial charge in [0, 0.05) is 17.9 Å². The first-order valence-electron chi connectivity index (χ1n) is 7.41. The quantitative estimate of drug-likeness (QED) is 0.876. The molecule has 0 aromatic heterocycles. The third kappa shape index (κ3) is 4.35. The monoisotopic (exact) mass is 282 g/mol. The molecule has 0 unspecified atom stereocenters. The van der Waals surface area contributed by atoms with Gasteiger partial charge in [-0.25, -0.2) is 0 Å². The minimum Gasteiger partial charge on any atom is -0.362 e. The highest BCUT2D eigenvalue weighted by atomic mass is 16.2. The summed E-state index contributed by atoms with van der Waals surface area (Å²) >= 11 is 0. The summed E-state index contributed by atoms with van der Waals surface area (Å²) in [4.78, 5) is 14.3. The Morgan fingerprint density at radius 3 is 2.48 bits per heavy atom. The van der Waals surface area contributed by atoms with E-state index in [-0.39, 0.29) is 5.91 Å². The topological polar surface area (TPSA) is 32.3 Å². The summed E-state index contributed by atoms with van der Waals surface area (Å²) in [6.45, 7) is 5.32. The van der Waals surface area contributed by atoms with Gasteiger partial charge >= 0.3 is 0 Å². The van der Waals surface area contributed by atoms with E-state index in [0.29, 0.717) is 6.54 Å². The number of amides is 1. The number of carbonyl (C=O) groups excluding carboxylic acids is 1. The number of nitrogens with one attached hydrogen (secondary N) is 1. The predicted molar refractivity (Wildman–Crippen MR) is 88.8 cm³/mol. The second-order valence-electron chi connectivity index (χ2n) is 4.95. The third-order valence-electron chi connectivity index (χ3n) is 3.46. The van der Waals surface area contributed by atoms with Crippen LogP contribution < -0.4 is 10.2 Å². The lowest BCUT2D eigenvalue weighted by molar-refractivity contribution is -0.115. The molecule has 0 heterocycles. The van der Waals surface area contributed by atoms with Crippen molar-refractivity contribution in [3.8, 4) is 0 Å². The molecule has 3 heteroatoms. The summed E-state index contributed by atoms with van der Waals surface area (Å²) in [5.74, 6) is 0.00829. The fourth-order valence-corrected chi connectivity index (χ4v) is 2.27. The Morgan fingerprint density at radius 1 is 1.05 bits per heavy atom. The number of carbonyl (C=O) groups is 1. The van der Waals surface area contributed by atoms with E-state index in [1.807, 2.05) is 48.5 Å². The summed E-state index contributed by atoms with van der Waals surface area (Å²) in [5, 5.41) is 2.97. The van der Waals surface area contributed by atoms with Crippen molar-refractivity contribution in [3.63, 3.8) is 0 Å². The zero-order valence-electron chi connectivity index (χ0n) is 12.7. The number of likely N-dealkylation sites (N-methyl/N-ethyl adjacent to an activating group) is 1. The van der Waals surface area contributed by atoms with E-state index in [4.69, 9.17) is 0 Å². The highest BCUT2D eigenvalue weighted by Crippen LogP contribution is 2.14. The largest absolute Gasteiger partial charge is 0.362 e. The molecule has 0 spiro atoms. The lowest BCUT2D eigenvalue weighted by Gasteiger charge is -2.22. The number of anilines is 2. The average molecular weight is 282 g/mol. The average Bonchev–Trinajstić information content (AvgIpc) is 2.53. The van der Waals surface area contributed by atoms with Crippen LogP contribution in [0.5, 0.6) is 0 Å². The van der Waals surface area contributed by atoms with E-state index >= 15 is 0 Å². The van der Waals surface area contributed by atoms with Crippen molar-refractivity contribution in [2.45, 2.75) is 20.3 Å². The van der Waals surface area contributed by atoms with Crippen LogP contribution in [0.4, 0.5) is 11.4 Å². The molecule has 0 aliphatic carbocycles. The fraction of sp³-hybridized carbons (Fsp3) is 0.278. The van der Waals surface area contributed by atoms with Gasteiger partial charge in [0.05, 0.1) is 6.54 Å². The van der Waals surface area contributed by atoms with Gasteiger partial charge in [-0.05, 0) is 43.2 Å². The zero-order chi connectivity index (χ0) is 15.1. The van der Waals surface area contributed by atoms with Crippen molar-refractivity contribution >= 4 is 17.3 Å². The van der Waals surface area contributed by atoms with Crippen LogP contribution in [0.25, 0.3) is 0 Å². The van der Waals surface area contributed by atoms with E-state index in [9.17, 15) is 4.79 Å². The molecule has 1 N–H and O–H groups in total. The summed E-state index contributed by atoms with van der Waals surface area (Å²) in [6.07, 6.45) is 0.967. The first-order chi connectivity index (χ1) is 10.2. The van der Waals surface area contributed by atoms with Crippen LogP contribution in [0.15, 0.2) is 54.6 Å². The van der Waals surface area contributed by atoms with Crippen LogP contribution in [0.3, 0.4) is 0 Å². The molecule has 110 valence electrons. The molecule has 2 aromatic rings. The lowest BCUT2D eigenvalue weighted by Crippen LogP contribution is -2.33. The fourth-order valence-electron chi connectivity index (χ4n) is 2.27. The van der Waals surface area contributed by atoms with Crippen LogP contribution in [0, 0.1) is 0 Å². The smallest absolute Gasteiger partial charge is 0.243 e. The van der Waals surface area contributed by atoms with Gasteiger partial charge in [0.25, 0.3) is 0 Å². The number of nitrogens with zero attached hydrogens (tertiary/aromatic N) is 1. The minimum absolute atomic E-state index is 0.00829. The zero-order valence-corrected chi connectivity index (χ0v) is 12.7. The van der Waals surface area contributed by atoms with Crippen molar-refractivity contribution in [2.75, 3.05) is 23.3 Å². The molecule has 0 fully saturated rings. The number of aryl methyl sites for hydroxylation is 1. The molecule has 21 heavy (non-hydrogen) atoms. The van der Waals surface area contributed by atoms with E-state index in [1.54, 1.807) is 0 Å². The maximum Gasteiger partial charge on any atom is 0.243 e. The number of hydrogen-bond acceptors (Lipinski definition) is 2. The molecule has 1 amide bonds. The van der Waals surface area contributed by atoms with E-state index in [0.717, 1.165) is 24.3 Å². The normalized spacial score (nSPS) is 10.2. The van der Waals surface area contributed by atoms with Gasteiger partial charge in [0.15, 0.2) is 0 Å². The molecule has 0 saturated heterocycles. The van der Waals surface area contributed by atoms with Crippen molar-refractivity contribution in [2.24, 2.45) is 0 Å². The Bertz CT molecular complexity index is 581. The Balaban J connectivity index is 2.00. The molecule has 0 aliphatic heterocycles. The van der Waals surface area contributed by atoms with Gasteiger partial charge in [-0.15, -0.1) is 0 Å². The number of hydrogen-bond donors (Lipinski definition) is 1. The van der Waals surface area contributed by atoms with E-state index in [2.05, 4.69) is 30.1 Å².